The van der Waals surface area contributed by atoms with Crippen LogP contribution in [0.3, 0.4) is 0 Å². The highest BCUT2D eigenvalue weighted by molar-refractivity contribution is 5.94. The smallest absolute Gasteiger partial charge is 0.471 e. The van der Waals surface area contributed by atoms with E-state index in [4.69, 9.17) is 4.74 Å². The summed E-state index contributed by atoms with van der Waals surface area (Å²) in [6.07, 6.45) is -3.42. The summed E-state index contributed by atoms with van der Waals surface area (Å²) >= 11 is 0. The van der Waals surface area contributed by atoms with Crippen LogP contribution >= 0.6 is 0 Å². The van der Waals surface area contributed by atoms with E-state index in [9.17, 15) is 18.0 Å². The number of benzene rings is 3. The SMILES string of the molecule is O=C(Nc1ccc(CCc2cccc(OCc3ccccc3)c2)cc1)C(F)(F)F. The summed E-state index contributed by atoms with van der Waals surface area (Å²) in [6.45, 7) is 0.495. The van der Waals surface area contributed by atoms with Gasteiger partial charge < -0.3 is 10.1 Å². The standard InChI is InChI=1S/C23H20F3NO2/c24-23(25,26)22(28)27-20-13-11-17(12-14-20)9-10-18-7-4-8-21(15-18)29-16-19-5-2-1-3-6-19/h1-8,11-15H,9-10,16H2,(H,27,28). The maximum Gasteiger partial charge on any atom is 0.471 e. The number of amides is 1. The first kappa shape index (κ1) is 20.5. The summed E-state index contributed by atoms with van der Waals surface area (Å²) in [4.78, 5) is 11.0. The number of ether oxygens (including phenoxy) is 1. The fraction of sp³-hybridized carbons (Fsp3) is 0.174. The van der Waals surface area contributed by atoms with Gasteiger partial charge in [-0.15, -0.1) is 0 Å². The zero-order valence-corrected chi connectivity index (χ0v) is 15.6. The molecule has 0 fully saturated rings. The van der Waals surface area contributed by atoms with E-state index in [0.29, 0.717) is 6.61 Å². The Kier molecular flexibility index (Phi) is 6.54. The van der Waals surface area contributed by atoms with Crippen LogP contribution in [0.5, 0.6) is 5.75 Å². The van der Waals surface area contributed by atoms with Gasteiger partial charge in [0.15, 0.2) is 0 Å². The third kappa shape index (κ3) is 6.38. The molecule has 3 nitrogen and oxygen atoms in total. The normalized spacial score (nSPS) is 11.1. The van der Waals surface area contributed by atoms with Crippen molar-refractivity contribution < 1.29 is 22.7 Å². The molecule has 0 aliphatic carbocycles. The lowest BCUT2D eigenvalue weighted by atomic mass is 10.0. The number of hydrogen-bond acceptors (Lipinski definition) is 2. The average molecular weight is 399 g/mol. The van der Waals surface area contributed by atoms with E-state index >= 15 is 0 Å². The van der Waals surface area contributed by atoms with E-state index in [2.05, 4.69) is 0 Å². The Balaban J connectivity index is 1.52. The van der Waals surface area contributed by atoms with Crippen LogP contribution in [-0.4, -0.2) is 12.1 Å². The van der Waals surface area contributed by atoms with Gasteiger partial charge in [-0.25, -0.2) is 0 Å². The van der Waals surface area contributed by atoms with E-state index in [-0.39, 0.29) is 5.69 Å². The Morgan fingerprint density at radius 1 is 0.793 bits per heavy atom. The van der Waals surface area contributed by atoms with Gasteiger partial charge in [-0.1, -0.05) is 54.6 Å². The quantitative estimate of drug-likeness (QED) is 0.566. The first-order chi connectivity index (χ1) is 13.9. The molecule has 0 radical (unpaired) electrons. The van der Waals surface area contributed by atoms with Crippen molar-refractivity contribution in [3.63, 3.8) is 0 Å². The molecule has 3 aromatic carbocycles. The molecule has 1 N–H and O–H groups in total. The number of anilines is 1. The number of carbonyl (C=O) groups excluding carboxylic acids is 1. The second kappa shape index (κ2) is 9.28. The van der Waals surface area contributed by atoms with E-state index < -0.39 is 12.1 Å². The van der Waals surface area contributed by atoms with Crippen LogP contribution in [0.15, 0.2) is 78.9 Å². The third-order valence-electron chi connectivity index (χ3n) is 4.32. The minimum Gasteiger partial charge on any atom is -0.489 e. The summed E-state index contributed by atoms with van der Waals surface area (Å²) in [6, 6.07) is 24.1. The van der Waals surface area contributed by atoms with Gasteiger partial charge in [0.2, 0.25) is 0 Å². The number of nitrogens with one attached hydrogen (secondary N) is 1. The molecule has 6 heteroatoms. The lowest BCUT2D eigenvalue weighted by molar-refractivity contribution is -0.167. The minimum absolute atomic E-state index is 0.118. The second-order valence-electron chi connectivity index (χ2n) is 6.57. The lowest BCUT2D eigenvalue weighted by Gasteiger charge is -2.10. The van der Waals surface area contributed by atoms with Crippen LogP contribution in [0.25, 0.3) is 0 Å². The van der Waals surface area contributed by atoms with Crippen LogP contribution < -0.4 is 10.1 Å². The van der Waals surface area contributed by atoms with Gasteiger partial charge in [0.1, 0.15) is 12.4 Å². The monoisotopic (exact) mass is 399 g/mol. The predicted octanol–water partition coefficient (Wildman–Crippen LogP) is 5.55. The van der Waals surface area contributed by atoms with Gasteiger partial charge in [-0.3, -0.25) is 4.79 Å². The highest BCUT2D eigenvalue weighted by atomic mass is 19.4. The van der Waals surface area contributed by atoms with Gasteiger partial charge >= 0.3 is 12.1 Å². The maximum absolute atomic E-state index is 12.3. The summed E-state index contributed by atoms with van der Waals surface area (Å²) in [7, 11) is 0. The molecular weight excluding hydrogens is 379 g/mol. The molecule has 0 aromatic heterocycles. The molecule has 0 spiro atoms. The summed E-state index contributed by atoms with van der Waals surface area (Å²) in [5, 5.41) is 1.84. The number of carbonyl (C=O) groups is 1. The van der Waals surface area contributed by atoms with Gasteiger partial charge in [0.25, 0.3) is 0 Å². The molecule has 1 amide bonds. The minimum atomic E-state index is -4.90. The Bertz CT molecular complexity index is 938. The first-order valence-corrected chi connectivity index (χ1v) is 9.13. The zero-order chi connectivity index (χ0) is 20.7. The first-order valence-electron chi connectivity index (χ1n) is 9.13. The summed E-state index contributed by atoms with van der Waals surface area (Å²) in [5.74, 6) is -1.19. The molecule has 0 unspecified atom stereocenters. The molecule has 0 heterocycles. The molecule has 0 bridgehead atoms. The molecule has 0 atom stereocenters. The Labute approximate surface area is 167 Å². The molecule has 3 aromatic rings. The van der Waals surface area contributed by atoms with Gasteiger partial charge in [-0.05, 0) is 53.8 Å². The zero-order valence-electron chi connectivity index (χ0n) is 15.6. The van der Waals surface area contributed by atoms with Gasteiger partial charge in [0.05, 0.1) is 0 Å². The number of hydrogen-bond donors (Lipinski definition) is 1. The van der Waals surface area contributed by atoms with Crippen LogP contribution in [0.1, 0.15) is 16.7 Å². The molecule has 29 heavy (non-hydrogen) atoms. The maximum atomic E-state index is 12.3. The molecule has 150 valence electrons. The molecule has 3 rings (SSSR count). The molecule has 0 saturated heterocycles. The number of alkyl halides is 3. The van der Waals surface area contributed by atoms with Crippen molar-refractivity contribution >= 4 is 11.6 Å². The van der Waals surface area contributed by atoms with Crippen LogP contribution in [0.2, 0.25) is 0 Å². The van der Waals surface area contributed by atoms with Crippen LogP contribution in [-0.2, 0) is 24.2 Å². The molecular formula is C23H20F3NO2. The Hall–Kier alpha value is -3.28. The van der Waals surface area contributed by atoms with Crippen molar-refractivity contribution in [1.82, 2.24) is 0 Å². The van der Waals surface area contributed by atoms with Crippen LogP contribution in [0, 0.1) is 0 Å². The van der Waals surface area contributed by atoms with Crippen molar-refractivity contribution in [3.05, 3.63) is 95.6 Å². The fourth-order valence-electron chi connectivity index (χ4n) is 2.78. The number of aryl methyl sites for hydroxylation is 2. The van der Waals surface area contributed by atoms with Crippen molar-refractivity contribution in [2.75, 3.05) is 5.32 Å². The predicted molar refractivity (Wildman–Crippen MR) is 106 cm³/mol. The Morgan fingerprint density at radius 2 is 1.45 bits per heavy atom. The Morgan fingerprint density at radius 3 is 2.14 bits per heavy atom. The lowest BCUT2D eigenvalue weighted by Crippen LogP contribution is -2.29. The number of halogens is 3. The van der Waals surface area contributed by atoms with E-state index in [1.165, 1.54) is 12.1 Å². The second-order valence-corrected chi connectivity index (χ2v) is 6.57. The molecule has 0 saturated carbocycles. The van der Waals surface area contributed by atoms with E-state index in [1.54, 1.807) is 12.1 Å². The summed E-state index contributed by atoms with van der Waals surface area (Å²) < 4.78 is 42.7. The van der Waals surface area contributed by atoms with Gasteiger partial charge in [-0.2, -0.15) is 13.2 Å². The molecule has 0 aliphatic heterocycles. The van der Waals surface area contributed by atoms with E-state index in [0.717, 1.165) is 35.3 Å². The van der Waals surface area contributed by atoms with Crippen molar-refractivity contribution in [2.45, 2.75) is 25.6 Å². The molecule has 0 aliphatic rings. The fourth-order valence-corrected chi connectivity index (χ4v) is 2.78. The van der Waals surface area contributed by atoms with Crippen molar-refractivity contribution in [1.29, 1.82) is 0 Å². The van der Waals surface area contributed by atoms with Crippen LogP contribution in [0.4, 0.5) is 18.9 Å². The highest BCUT2D eigenvalue weighted by Gasteiger charge is 2.38. The number of rotatable bonds is 7. The third-order valence-corrected chi connectivity index (χ3v) is 4.32. The largest absolute Gasteiger partial charge is 0.489 e. The van der Waals surface area contributed by atoms with Crippen molar-refractivity contribution in [2.24, 2.45) is 0 Å². The summed E-state index contributed by atoms with van der Waals surface area (Å²) in [5.41, 5.74) is 3.28. The topological polar surface area (TPSA) is 38.3 Å². The van der Waals surface area contributed by atoms with E-state index in [1.807, 2.05) is 59.9 Å². The van der Waals surface area contributed by atoms with Gasteiger partial charge in [0, 0.05) is 5.69 Å². The van der Waals surface area contributed by atoms with Crippen molar-refractivity contribution in [3.8, 4) is 5.75 Å². The average Bonchev–Trinajstić information content (AvgIpc) is 2.72. The highest BCUT2D eigenvalue weighted by Crippen LogP contribution is 2.20.